The van der Waals surface area contributed by atoms with Crippen molar-refractivity contribution in [1.29, 1.82) is 0 Å². The Morgan fingerprint density at radius 3 is 1.29 bits per heavy atom. The first kappa shape index (κ1) is 23.3. The predicted molar refractivity (Wildman–Crippen MR) is 134 cm³/mol. The fraction of sp³-hybridized carbons (Fsp3) is 0.172. The third-order valence-electron chi connectivity index (χ3n) is 6.09. The summed E-state index contributed by atoms with van der Waals surface area (Å²) in [6.45, 7) is 2.36. The quantitative estimate of drug-likeness (QED) is 0.364. The normalized spacial score (nSPS) is 12.0. The van der Waals surface area contributed by atoms with Gasteiger partial charge in [-0.2, -0.15) is 0 Å². The maximum Gasteiger partial charge on any atom is 0.112 e. The van der Waals surface area contributed by atoms with Crippen LogP contribution in [-0.2, 0) is 0 Å². The summed E-state index contributed by atoms with van der Waals surface area (Å²) < 4.78 is 0. The third kappa shape index (κ3) is 5.27. The zero-order valence-corrected chi connectivity index (χ0v) is 19.7. The number of rotatable bonds is 8. The monoisotopic (exact) mass is 444 g/mol. The van der Waals surface area contributed by atoms with Crippen LogP contribution in [0.2, 0.25) is 0 Å². The minimum absolute atomic E-state index is 0. The second-order valence-electron chi connectivity index (χ2n) is 7.99. The van der Waals surface area contributed by atoms with Crippen molar-refractivity contribution in [1.82, 2.24) is 0 Å². The molecule has 0 aliphatic heterocycles. The van der Waals surface area contributed by atoms with Crippen LogP contribution < -0.4 is 28.3 Å². The molecule has 4 aromatic carbocycles. The Morgan fingerprint density at radius 2 is 0.903 bits per heavy atom. The van der Waals surface area contributed by atoms with E-state index < -0.39 is 7.26 Å². The van der Waals surface area contributed by atoms with E-state index in [4.69, 9.17) is 0 Å². The van der Waals surface area contributed by atoms with Crippen molar-refractivity contribution in [3.63, 3.8) is 0 Å². The maximum atomic E-state index is 2.36. The van der Waals surface area contributed by atoms with Crippen molar-refractivity contribution < 1.29 is 12.4 Å². The van der Waals surface area contributed by atoms with Crippen LogP contribution in [0.4, 0.5) is 0 Å². The summed E-state index contributed by atoms with van der Waals surface area (Å²) in [5.74, 6) is 0.579. The molecule has 158 valence electrons. The van der Waals surface area contributed by atoms with Crippen molar-refractivity contribution in [2.75, 3.05) is 6.16 Å². The SMILES string of the molecule is CC(CCC[P+](c1ccccc1)(c1ccccc1)c1ccccc1)c1ccccc1.[Cl-]. The molecule has 0 spiro atoms. The summed E-state index contributed by atoms with van der Waals surface area (Å²) in [7, 11) is -1.70. The van der Waals surface area contributed by atoms with Gasteiger partial charge < -0.3 is 12.4 Å². The number of benzene rings is 4. The van der Waals surface area contributed by atoms with E-state index in [0.29, 0.717) is 5.92 Å². The van der Waals surface area contributed by atoms with E-state index in [2.05, 4.69) is 128 Å². The highest BCUT2D eigenvalue weighted by molar-refractivity contribution is 7.95. The van der Waals surface area contributed by atoms with Crippen LogP contribution in [0.25, 0.3) is 0 Å². The molecule has 0 saturated heterocycles. The smallest absolute Gasteiger partial charge is 0.112 e. The van der Waals surface area contributed by atoms with Crippen molar-refractivity contribution in [3.05, 3.63) is 127 Å². The summed E-state index contributed by atoms with van der Waals surface area (Å²) in [5.41, 5.74) is 1.44. The van der Waals surface area contributed by atoms with E-state index in [9.17, 15) is 0 Å². The summed E-state index contributed by atoms with van der Waals surface area (Å²) in [4.78, 5) is 0. The molecule has 0 radical (unpaired) electrons. The molecule has 0 N–H and O–H groups in total. The Balaban J connectivity index is 0.00000272. The Labute approximate surface area is 194 Å². The largest absolute Gasteiger partial charge is 1.00 e. The second-order valence-corrected chi connectivity index (χ2v) is 11.6. The van der Waals surface area contributed by atoms with Crippen LogP contribution in [0.15, 0.2) is 121 Å². The van der Waals surface area contributed by atoms with E-state index >= 15 is 0 Å². The lowest BCUT2D eigenvalue weighted by Crippen LogP contribution is -3.00. The van der Waals surface area contributed by atoms with Crippen LogP contribution >= 0.6 is 7.26 Å². The van der Waals surface area contributed by atoms with Gasteiger partial charge in [-0.1, -0.05) is 91.9 Å². The maximum absolute atomic E-state index is 2.36. The molecule has 4 aromatic rings. The second kappa shape index (κ2) is 11.3. The number of hydrogen-bond acceptors (Lipinski definition) is 0. The summed E-state index contributed by atoms with van der Waals surface area (Å²) in [5, 5.41) is 4.44. The van der Waals surface area contributed by atoms with Gasteiger partial charge in [0.05, 0.1) is 6.16 Å². The van der Waals surface area contributed by atoms with Gasteiger partial charge in [-0.15, -0.1) is 0 Å². The van der Waals surface area contributed by atoms with E-state index in [0.717, 1.165) is 0 Å². The van der Waals surface area contributed by atoms with Crippen LogP contribution in [0.3, 0.4) is 0 Å². The molecule has 1 atom stereocenters. The molecule has 4 rings (SSSR count). The molecular weight excluding hydrogens is 415 g/mol. The van der Waals surface area contributed by atoms with Gasteiger partial charge in [-0.05, 0) is 60.7 Å². The third-order valence-corrected chi connectivity index (χ3v) is 10.6. The van der Waals surface area contributed by atoms with Gasteiger partial charge in [0.15, 0.2) is 0 Å². The molecular formula is C29H30ClP. The average Bonchev–Trinajstić information content (AvgIpc) is 2.84. The fourth-order valence-corrected chi connectivity index (χ4v) is 8.83. The van der Waals surface area contributed by atoms with Gasteiger partial charge in [0.1, 0.15) is 23.2 Å². The molecule has 1 unspecified atom stereocenters. The summed E-state index contributed by atoms with van der Waals surface area (Å²) in [6.07, 6.45) is 3.61. The number of halogens is 1. The molecule has 0 heterocycles. The number of hydrogen-bond donors (Lipinski definition) is 0. The lowest BCUT2D eigenvalue weighted by Gasteiger charge is -2.28. The topological polar surface area (TPSA) is 0 Å². The van der Waals surface area contributed by atoms with Crippen LogP contribution in [-0.4, -0.2) is 6.16 Å². The van der Waals surface area contributed by atoms with Gasteiger partial charge >= 0.3 is 0 Å². The van der Waals surface area contributed by atoms with Crippen molar-refractivity contribution in [3.8, 4) is 0 Å². The van der Waals surface area contributed by atoms with Crippen LogP contribution in [0, 0.1) is 0 Å². The molecule has 0 saturated carbocycles. The Bertz CT molecular complexity index is 921. The Morgan fingerprint density at radius 1 is 0.548 bits per heavy atom. The molecule has 2 heteroatoms. The minimum Gasteiger partial charge on any atom is -1.00 e. The first-order valence-corrected chi connectivity index (χ1v) is 12.9. The van der Waals surface area contributed by atoms with E-state index in [1.165, 1.54) is 40.5 Å². The lowest BCUT2D eigenvalue weighted by molar-refractivity contribution is -0.00000592. The summed E-state index contributed by atoms with van der Waals surface area (Å²) >= 11 is 0. The molecule has 0 amide bonds. The predicted octanol–water partition coefficient (Wildman–Crippen LogP) is 3.57. The zero-order chi connectivity index (χ0) is 20.7. The van der Waals surface area contributed by atoms with E-state index in [-0.39, 0.29) is 12.4 Å². The standard InChI is InChI=1S/C29H30P.ClH/c1-25(26-16-6-2-7-17-26)15-14-24-30(27-18-8-3-9-19-27,28-20-10-4-11-21-28)29-22-12-5-13-23-29;/h2-13,16-23,25H,14-15,24H2,1H3;1H/q+1;/p-1. The van der Waals surface area contributed by atoms with E-state index in [1.807, 2.05) is 0 Å². The highest BCUT2D eigenvalue weighted by Gasteiger charge is 2.44. The molecule has 0 aliphatic carbocycles. The Kier molecular flexibility index (Phi) is 8.47. The van der Waals surface area contributed by atoms with Gasteiger partial charge in [0.2, 0.25) is 0 Å². The first-order valence-electron chi connectivity index (χ1n) is 10.9. The fourth-order valence-electron chi connectivity index (χ4n) is 4.46. The molecule has 0 aliphatic rings. The van der Waals surface area contributed by atoms with Crippen molar-refractivity contribution >= 4 is 23.2 Å². The van der Waals surface area contributed by atoms with Gasteiger partial charge in [0, 0.05) is 0 Å². The lowest BCUT2D eigenvalue weighted by atomic mass is 9.97. The van der Waals surface area contributed by atoms with Crippen LogP contribution in [0.5, 0.6) is 0 Å². The van der Waals surface area contributed by atoms with E-state index in [1.54, 1.807) is 0 Å². The van der Waals surface area contributed by atoms with Crippen molar-refractivity contribution in [2.24, 2.45) is 0 Å². The molecule has 31 heavy (non-hydrogen) atoms. The minimum atomic E-state index is -1.70. The molecule has 0 bridgehead atoms. The van der Waals surface area contributed by atoms with Crippen molar-refractivity contribution in [2.45, 2.75) is 25.7 Å². The average molecular weight is 445 g/mol. The van der Waals surface area contributed by atoms with Gasteiger partial charge in [0.25, 0.3) is 0 Å². The molecule has 0 fully saturated rings. The highest BCUT2D eigenvalue weighted by Crippen LogP contribution is 2.56. The Hall–Kier alpha value is -2.40. The van der Waals surface area contributed by atoms with Gasteiger partial charge in [-0.25, -0.2) is 0 Å². The highest BCUT2D eigenvalue weighted by atomic mass is 35.5. The first-order chi connectivity index (χ1) is 14.8. The zero-order valence-electron chi connectivity index (χ0n) is 18.1. The van der Waals surface area contributed by atoms with Gasteiger partial charge in [-0.3, -0.25) is 0 Å². The summed E-state index contributed by atoms with van der Waals surface area (Å²) in [6, 6.07) is 44.6. The molecule has 0 nitrogen and oxygen atoms in total. The van der Waals surface area contributed by atoms with Crippen LogP contribution in [0.1, 0.15) is 31.2 Å². The molecule has 0 aromatic heterocycles.